The molecule has 0 aliphatic heterocycles. The van der Waals surface area contributed by atoms with Crippen molar-refractivity contribution >= 4 is 0 Å². The van der Waals surface area contributed by atoms with Crippen LogP contribution in [0, 0.1) is 20.8 Å². The Labute approximate surface area is 90.8 Å². The Morgan fingerprint density at radius 1 is 0.933 bits per heavy atom. The van der Waals surface area contributed by atoms with Crippen molar-refractivity contribution in [3.05, 3.63) is 53.3 Å². The minimum absolute atomic E-state index is 1.22. The van der Waals surface area contributed by atoms with E-state index >= 15 is 0 Å². The molecule has 0 spiro atoms. The number of hydrogen-bond donors (Lipinski definition) is 0. The van der Waals surface area contributed by atoms with Crippen LogP contribution < -0.4 is 0 Å². The fourth-order valence-corrected chi connectivity index (χ4v) is 1.93. The lowest BCUT2D eigenvalue weighted by Crippen LogP contribution is -1.86. The summed E-state index contributed by atoms with van der Waals surface area (Å²) in [6, 6.07) is 8.70. The first-order valence-electron chi connectivity index (χ1n) is 5.16. The van der Waals surface area contributed by atoms with Crippen LogP contribution in [0.5, 0.6) is 0 Å². The van der Waals surface area contributed by atoms with Gasteiger partial charge in [-0.1, -0.05) is 29.3 Å². The number of aromatic nitrogens is 1. The third-order valence-electron chi connectivity index (χ3n) is 2.55. The van der Waals surface area contributed by atoms with Crippen molar-refractivity contribution in [3.8, 4) is 11.1 Å². The molecule has 0 fully saturated rings. The summed E-state index contributed by atoms with van der Waals surface area (Å²) in [6.45, 7) is 6.36. The highest BCUT2D eigenvalue weighted by molar-refractivity contribution is 5.67. The first-order valence-corrected chi connectivity index (χ1v) is 5.16. The standard InChI is InChI=1S/C14H15N/c1-10-6-11(2)8-13(7-10)14-4-5-15-9-12(14)3/h4-9H,1-3H3. The quantitative estimate of drug-likeness (QED) is 0.679. The molecule has 0 radical (unpaired) electrons. The van der Waals surface area contributed by atoms with E-state index in [1.165, 1.54) is 27.8 Å². The fraction of sp³-hybridized carbons (Fsp3) is 0.214. The van der Waals surface area contributed by atoms with Crippen molar-refractivity contribution in [3.63, 3.8) is 0 Å². The molecule has 1 nitrogen and oxygen atoms in total. The van der Waals surface area contributed by atoms with Gasteiger partial charge in [-0.05, 0) is 43.5 Å². The van der Waals surface area contributed by atoms with Gasteiger partial charge in [0.1, 0.15) is 0 Å². The average Bonchev–Trinajstić information content (AvgIpc) is 2.16. The van der Waals surface area contributed by atoms with Gasteiger partial charge in [0.15, 0.2) is 0 Å². The van der Waals surface area contributed by atoms with Crippen molar-refractivity contribution in [2.45, 2.75) is 20.8 Å². The largest absolute Gasteiger partial charge is 0.264 e. The Hall–Kier alpha value is -1.63. The monoisotopic (exact) mass is 197 g/mol. The Balaban J connectivity index is 2.59. The topological polar surface area (TPSA) is 12.9 Å². The summed E-state index contributed by atoms with van der Waals surface area (Å²) < 4.78 is 0. The molecule has 0 saturated carbocycles. The molecule has 0 aliphatic rings. The van der Waals surface area contributed by atoms with E-state index in [9.17, 15) is 0 Å². The molecule has 15 heavy (non-hydrogen) atoms. The molecule has 2 rings (SSSR count). The summed E-state index contributed by atoms with van der Waals surface area (Å²) in [5.41, 5.74) is 6.40. The highest BCUT2D eigenvalue weighted by Gasteiger charge is 2.02. The van der Waals surface area contributed by atoms with Crippen LogP contribution >= 0.6 is 0 Å². The first-order chi connectivity index (χ1) is 7.16. The molecule has 2 aromatic rings. The van der Waals surface area contributed by atoms with Crippen molar-refractivity contribution < 1.29 is 0 Å². The van der Waals surface area contributed by atoms with E-state index < -0.39 is 0 Å². The number of hydrogen-bond acceptors (Lipinski definition) is 1. The molecule has 0 saturated heterocycles. The molecule has 0 atom stereocenters. The lowest BCUT2D eigenvalue weighted by Gasteiger charge is -2.07. The maximum absolute atomic E-state index is 4.12. The second-order valence-electron chi connectivity index (χ2n) is 4.07. The van der Waals surface area contributed by atoms with Gasteiger partial charge in [0.25, 0.3) is 0 Å². The van der Waals surface area contributed by atoms with E-state index in [2.05, 4.69) is 50.0 Å². The molecule has 1 heterocycles. The molecule has 0 amide bonds. The van der Waals surface area contributed by atoms with Crippen LogP contribution in [0.4, 0.5) is 0 Å². The Bertz CT molecular complexity index is 466. The van der Waals surface area contributed by atoms with Gasteiger partial charge >= 0.3 is 0 Å². The minimum Gasteiger partial charge on any atom is -0.264 e. The Morgan fingerprint density at radius 3 is 2.20 bits per heavy atom. The molecule has 1 aromatic carbocycles. The van der Waals surface area contributed by atoms with Gasteiger partial charge < -0.3 is 0 Å². The highest BCUT2D eigenvalue weighted by Crippen LogP contribution is 2.24. The Morgan fingerprint density at radius 2 is 1.60 bits per heavy atom. The lowest BCUT2D eigenvalue weighted by atomic mass is 9.99. The van der Waals surface area contributed by atoms with E-state index in [1.54, 1.807) is 0 Å². The van der Waals surface area contributed by atoms with Gasteiger partial charge in [0, 0.05) is 12.4 Å². The second-order valence-corrected chi connectivity index (χ2v) is 4.07. The summed E-state index contributed by atoms with van der Waals surface area (Å²) in [7, 11) is 0. The van der Waals surface area contributed by atoms with Crippen LogP contribution in [0.1, 0.15) is 16.7 Å². The van der Waals surface area contributed by atoms with Gasteiger partial charge in [-0.3, -0.25) is 4.98 Å². The lowest BCUT2D eigenvalue weighted by molar-refractivity contribution is 1.26. The van der Waals surface area contributed by atoms with Crippen molar-refractivity contribution in [1.82, 2.24) is 4.98 Å². The predicted molar refractivity (Wildman–Crippen MR) is 63.9 cm³/mol. The summed E-state index contributed by atoms with van der Waals surface area (Å²) in [5.74, 6) is 0. The third-order valence-corrected chi connectivity index (χ3v) is 2.55. The molecule has 1 heteroatoms. The zero-order valence-electron chi connectivity index (χ0n) is 9.41. The highest BCUT2D eigenvalue weighted by atomic mass is 14.6. The van der Waals surface area contributed by atoms with Crippen molar-refractivity contribution in [2.24, 2.45) is 0 Å². The molecule has 1 aromatic heterocycles. The molecule has 0 aliphatic carbocycles. The summed E-state index contributed by atoms with van der Waals surface area (Å²) in [4.78, 5) is 4.12. The number of pyridine rings is 1. The van der Waals surface area contributed by atoms with Crippen LogP contribution in [0.3, 0.4) is 0 Å². The van der Waals surface area contributed by atoms with E-state index in [1.807, 2.05) is 12.4 Å². The van der Waals surface area contributed by atoms with E-state index in [0.29, 0.717) is 0 Å². The molecule has 0 N–H and O–H groups in total. The third kappa shape index (κ3) is 2.07. The second kappa shape index (κ2) is 3.85. The summed E-state index contributed by atoms with van der Waals surface area (Å²) >= 11 is 0. The predicted octanol–water partition coefficient (Wildman–Crippen LogP) is 3.67. The molecular formula is C14H15N. The number of rotatable bonds is 1. The molecule has 0 unspecified atom stereocenters. The van der Waals surface area contributed by atoms with Crippen LogP contribution in [-0.4, -0.2) is 4.98 Å². The summed E-state index contributed by atoms with van der Waals surface area (Å²) in [5, 5.41) is 0. The van der Waals surface area contributed by atoms with Gasteiger partial charge in [-0.15, -0.1) is 0 Å². The zero-order valence-corrected chi connectivity index (χ0v) is 9.41. The van der Waals surface area contributed by atoms with Crippen LogP contribution in [0.15, 0.2) is 36.7 Å². The van der Waals surface area contributed by atoms with E-state index in [4.69, 9.17) is 0 Å². The molecular weight excluding hydrogens is 182 g/mol. The first kappa shape index (κ1) is 9.91. The number of benzene rings is 1. The maximum atomic E-state index is 4.12. The van der Waals surface area contributed by atoms with Crippen molar-refractivity contribution in [2.75, 3.05) is 0 Å². The zero-order chi connectivity index (χ0) is 10.8. The fourth-order valence-electron chi connectivity index (χ4n) is 1.93. The molecule has 76 valence electrons. The maximum Gasteiger partial charge on any atom is 0.0303 e. The van der Waals surface area contributed by atoms with Gasteiger partial charge in [-0.2, -0.15) is 0 Å². The smallest absolute Gasteiger partial charge is 0.0303 e. The number of aryl methyl sites for hydroxylation is 3. The van der Waals surface area contributed by atoms with Gasteiger partial charge in [-0.25, -0.2) is 0 Å². The average molecular weight is 197 g/mol. The van der Waals surface area contributed by atoms with Crippen LogP contribution in [0.2, 0.25) is 0 Å². The van der Waals surface area contributed by atoms with Crippen LogP contribution in [0.25, 0.3) is 11.1 Å². The van der Waals surface area contributed by atoms with E-state index in [0.717, 1.165) is 0 Å². The number of nitrogens with zero attached hydrogens (tertiary/aromatic N) is 1. The molecule has 0 bridgehead atoms. The Kier molecular flexibility index (Phi) is 2.55. The van der Waals surface area contributed by atoms with E-state index in [-0.39, 0.29) is 0 Å². The van der Waals surface area contributed by atoms with Gasteiger partial charge in [0.2, 0.25) is 0 Å². The van der Waals surface area contributed by atoms with Crippen molar-refractivity contribution in [1.29, 1.82) is 0 Å². The van der Waals surface area contributed by atoms with Crippen LogP contribution in [-0.2, 0) is 0 Å². The normalized spacial score (nSPS) is 10.3. The minimum atomic E-state index is 1.22. The van der Waals surface area contributed by atoms with Gasteiger partial charge in [0.05, 0.1) is 0 Å². The summed E-state index contributed by atoms with van der Waals surface area (Å²) in [6.07, 6.45) is 3.76. The SMILES string of the molecule is Cc1cc(C)cc(-c2ccncc2C)c1.